The van der Waals surface area contributed by atoms with Crippen LogP contribution in [0.25, 0.3) is 0 Å². The molecule has 2 aliphatic carbocycles. The number of hydrogen-bond donors (Lipinski definition) is 0. The summed E-state index contributed by atoms with van der Waals surface area (Å²) in [4.78, 5) is 15.4. The fourth-order valence-corrected chi connectivity index (χ4v) is 4.92. The molecule has 1 aromatic rings. The highest BCUT2D eigenvalue weighted by molar-refractivity contribution is 5.77. The van der Waals surface area contributed by atoms with Crippen LogP contribution in [0.5, 0.6) is 0 Å². The fraction of sp³-hybridized carbons (Fsp3) is 0.560. The highest BCUT2D eigenvalue weighted by Crippen LogP contribution is 2.48. The molecule has 0 bridgehead atoms. The van der Waals surface area contributed by atoms with Crippen molar-refractivity contribution in [2.75, 3.05) is 13.2 Å². The van der Waals surface area contributed by atoms with E-state index >= 15 is 0 Å². The van der Waals surface area contributed by atoms with E-state index in [0.717, 1.165) is 45.2 Å². The van der Waals surface area contributed by atoms with Crippen LogP contribution in [0.2, 0.25) is 0 Å². The monoisotopic (exact) mass is 381 g/mol. The lowest BCUT2D eigenvalue weighted by molar-refractivity contribution is -0.156. The van der Waals surface area contributed by atoms with E-state index in [1.54, 1.807) is 0 Å². The number of allylic oxidation sites excluding steroid dienone is 2. The number of ether oxygens (including phenoxy) is 1. The molecular formula is C25H35NO2. The van der Waals surface area contributed by atoms with Crippen LogP contribution < -0.4 is 0 Å². The van der Waals surface area contributed by atoms with Crippen molar-refractivity contribution in [3.05, 3.63) is 59.7 Å². The predicted octanol–water partition coefficient (Wildman–Crippen LogP) is 5.52. The van der Waals surface area contributed by atoms with E-state index in [9.17, 15) is 4.79 Å². The molecule has 2 aliphatic rings. The van der Waals surface area contributed by atoms with Gasteiger partial charge in [-0.15, -0.1) is 0 Å². The summed E-state index contributed by atoms with van der Waals surface area (Å²) in [7, 11) is 0. The Hall–Kier alpha value is -1.87. The second-order valence-corrected chi connectivity index (χ2v) is 8.49. The number of carbonyl (C=O) groups excluding carboxylic acids is 1. The Labute approximate surface area is 170 Å². The minimum Gasteiger partial charge on any atom is -0.466 e. The van der Waals surface area contributed by atoms with Gasteiger partial charge in [0.05, 0.1) is 12.0 Å². The second-order valence-electron chi connectivity index (χ2n) is 8.49. The van der Waals surface area contributed by atoms with Crippen molar-refractivity contribution in [1.29, 1.82) is 0 Å². The predicted molar refractivity (Wildman–Crippen MR) is 115 cm³/mol. The molecule has 28 heavy (non-hydrogen) atoms. The first-order valence-electron chi connectivity index (χ1n) is 10.9. The Balaban J connectivity index is 1.81. The van der Waals surface area contributed by atoms with Gasteiger partial charge in [-0.05, 0) is 56.6 Å². The van der Waals surface area contributed by atoms with Gasteiger partial charge in [-0.3, -0.25) is 9.69 Å². The number of nitrogens with zero attached hydrogens (tertiary/aromatic N) is 1. The molecule has 0 radical (unpaired) electrons. The summed E-state index contributed by atoms with van der Waals surface area (Å²) in [6.07, 6.45) is 12.2. The highest BCUT2D eigenvalue weighted by atomic mass is 16.5. The van der Waals surface area contributed by atoms with Crippen molar-refractivity contribution in [2.45, 2.75) is 65.5 Å². The Kier molecular flexibility index (Phi) is 7.12. The number of benzene rings is 1. The Morgan fingerprint density at radius 1 is 1.18 bits per heavy atom. The third-order valence-electron chi connectivity index (χ3n) is 6.55. The number of carbonyl (C=O) groups is 1. The standard InChI is InChI=1S/C25H35NO2/c1-4-22-16-23(17-25(22,3)24(27)28-5-2)26(18-20-12-8-6-9-13-20)19-21-14-10-7-11-15-21/h6,8-10,12-15,22-23H,4-5,7,11,16-19H2,1-3H3. The molecule has 152 valence electrons. The number of esters is 1. The van der Waals surface area contributed by atoms with E-state index in [1.165, 1.54) is 11.1 Å². The molecule has 0 N–H and O–H groups in total. The summed E-state index contributed by atoms with van der Waals surface area (Å²) in [5.74, 6) is 0.367. The molecule has 3 atom stereocenters. The molecule has 1 fully saturated rings. The minimum absolute atomic E-state index is 0.0132. The normalized spacial score (nSPS) is 27.1. The second kappa shape index (κ2) is 9.56. The van der Waals surface area contributed by atoms with Crippen LogP contribution in [0.4, 0.5) is 0 Å². The zero-order valence-electron chi connectivity index (χ0n) is 17.7. The topological polar surface area (TPSA) is 29.5 Å². The maximum absolute atomic E-state index is 12.8. The molecule has 1 aromatic carbocycles. The third-order valence-corrected chi connectivity index (χ3v) is 6.55. The van der Waals surface area contributed by atoms with Crippen molar-refractivity contribution in [3.8, 4) is 0 Å². The van der Waals surface area contributed by atoms with Gasteiger partial charge in [-0.25, -0.2) is 0 Å². The highest BCUT2D eigenvalue weighted by Gasteiger charge is 2.50. The van der Waals surface area contributed by atoms with Crippen molar-refractivity contribution in [3.63, 3.8) is 0 Å². The maximum atomic E-state index is 12.8. The van der Waals surface area contributed by atoms with Crippen molar-refractivity contribution >= 4 is 5.97 Å². The summed E-state index contributed by atoms with van der Waals surface area (Å²) in [5.41, 5.74) is 2.36. The lowest BCUT2D eigenvalue weighted by atomic mass is 9.78. The smallest absolute Gasteiger partial charge is 0.312 e. The van der Waals surface area contributed by atoms with Gasteiger partial charge in [0.1, 0.15) is 0 Å². The average molecular weight is 382 g/mol. The molecule has 0 spiro atoms. The van der Waals surface area contributed by atoms with Gasteiger partial charge in [-0.1, -0.05) is 61.9 Å². The zero-order chi connectivity index (χ0) is 20.0. The molecule has 3 heteroatoms. The van der Waals surface area contributed by atoms with Crippen LogP contribution in [-0.4, -0.2) is 30.1 Å². The first-order valence-corrected chi connectivity index (χ1v) is 10.9. The van der Waals surface area contributed by atoms with Gasteiger partial charge < -0.3 is 4.74 Å². The van der Waals surface area contributed by atoms with Crippen LogP contribution in [0, 0.1) is 11.3 Å². The van der Waals surface area contributed by atoms with Gasteiger partial charge in [0.15, 0.2) is 0 Å². The largest absolute Gasteiger partial charge is 0.466 e. The van der Waals surface area contributed by atoms with Gasteiger partial charge in [0, 0.05) is 19.1 Å². The van der Waals surface area contributed by atoms with Crippen molar-refractivity contribution in [1.82, 2.24) is 4.90 Å². The van der Waals surface area contributed by atoms with Gasteiger partial charge in [0.25, 0.3) is 0 Å². The lowest BCUT2D eigenvalue weighted by Gasteiger charge is -2.31. The molecule has 0 heterocycles. The van der Waals surface area contributed by atoms with Crippen LogP contribution in [-0.2, 0) is 16.1 Å². The van der Waals surface area contributed by atoms with E-state index in [0.29, 0.717) is 18.6 Å². The molecule has 3 rings (SSSR count). The first kappa shape index (κ1) is 20.9. The maximum Gasteiger partial charge on any atom is 0.312 e. The number of hydrogen-bond acceptors (Lipinski definition) is 3. The fourth-order valence-electron chi connectivity index (χ4n) is 4.92. The summed E-state index contributed by atoms with van der Waals surface area (Å²) in [6, 6.07) is 11.1. The molecule has 0 aromatic heterocycles. The summed E-state index contributed by atoms with van der Waals surface area (Å²) in [6.45, 7) is 8.56. The van der Waals surface area contributed by atoms with Crippen molar-refractivity contribution < 1.29 is 9.53 Å². The van der Waals surface area contributed by atoms with Crippen LogP contribution in [0.1, 0.15) is 58.4 Å². The third kappa shape index (κ3) is 4.75. The lowest BCUT2D eigenvalue weighted by Crippen LogP contribution is -2.37. The average Bonchev–Trinajstić information content (AvgIpc) is 3.07. The Morgan fingerprint density at radius 3 is 2.61 bits per heavy atom. The molecule has 1 saturated carbocycles. The minimum atomic E-state index is -0.374. The van der Waals surface area contributed by atoms with Crippen LogP contribution in [0.3, 0.4) is 0 Å². The number of rotatable bonds is 8. The summed E-state index contributed by atoms with van der Waals surface area (Å²) in [5, 5.41) is 0. The van der Waals surface area contributed by atoms with Gasteiger partial charge >= 0.3 is 5.97 Å². The van der Waals surface area contributed by atoms with Crippen LogP contribution in [0.15, 0.2) is 54.1 Å². The van der Waals surface area contributed by atoms with Gasteiger partial charge in [-0.2, -0.15) is 0 Å². The summed E-state index contributed by atoms with van der Waals surface area (Å²) >= 11 is 0. The van der Waals surface area contributed by atoms with E-state index in [4.69, 9.17) is 4.74 Å². The Morgan fingerprint density at radius 2 is 1.96 bits per heavy atom. The molecule has 0 saturated heterocycles. The zero-order valence-corrected chi connectivity index (χ0v) is 17.7. The SMILES string of the molecule is CCOC(=O)C1(C)CC(N(CC2=CCCC=C2)Cc2ccccc2)CC1CC. The Bertz CT molecular complexity index is 709. The van der Waals surface area contributed by atoms with E-state index in [2.05, 4.69) is 67.3 Å². The quantitative estimate of drug-likeness (QED) is 0.555. The van der Waals surface area contributed by atoms with E-state index in [1.807, 2.05) is 6.92 Å². The molecule has 0 amide bonds. The summed E-state index contributed by atoms with van der Waals surface area (Å²) < 4.78 is 5.48. The van der Waals surface area contributed by atoms with E-state index in [-0.39, 0.29) is 11.4 Å². The molecule has 3 unspecified atom stereocenters. The van der Waals surface area contributed by atoms with E-state index < -0.39 is 0 Å². The molecular weight excluding hydrogens is 346 g/mol. The first-order chi connectivity index (χ1) is 13.6. The van der Waals surface area contributed by atoms with Gasteiger partial charge in [0.2, 0.25) is 0 Å². The van der Waals surface area contributed by atoms with Crippen LogP contribution >= 0.6 is 0 Å². The molecule has 0 aliphatic heterocycles. The van der Waals surface area contributed by atoms with Crippen molar-refractivity contribution in [2.24, 2.45) is 11.3 Å². The molecule has 3 nitrogen and oxygen atoms in total.